The first-order valence-electron chi connectivity index (χ1n) is 6.19. The fraction of sp³-hybridized carbons (Fsp3) is 0.833. The molecule has 0 saturated carbocycles. The normalized spacial score (nSPS) is 31.7. The Kier molecular flexibility index (Phi) is 3.36. The van der Waals surface area contributed by atoms with Crippen LogP contribution in [0.15, 0.2) is 0 Å². The number of fused-ring (bicyclic) bond motifs is 1. The smallest absolute Gasteiger partial charge is 0.243 e. The summed E-state index contributed by atoms with van der Waals surface area (Å²) in [5.41, 5.74) is -0.931. The van der Waals surface area contributed by atoms with E-state index < -0.39 is 11.6 Å². The Hall–Kier alpha value is -0.750. The first-order chi connectivity index (χ1) is 8.23. The molecule has 2 fully saturated rings. The molecule has 0 spiro atoms. The maximum absolute atomic E-state index is 12.1. The van der Waals surface area contributed by atoms with E-state index in [9.17, 15) is 14.7 Å². The van der Waals surface area contributed by atoms with Crippen LogP contribution in [-0.4, -0.2) is 50.6 Å². The highest BCUT2D eigenvalue weighted by atomic mass is 32.2. The van der Waals surface area contributed by atoms with Crippen LogP contribution in [0.4, 0.5) is 0 Å². The third kappa shape index (κ3) is 2.49. The van der Waals surface area contributed by atoms with Crippen molar-refractivity contribution in [3.63, 3.8) is 0 Å². The molecule has 2 rings (SSSR count). The Morgan fingerprint density at radius 2 is 2.33 bits per heavy atom. The fourth-order valence-electron chi connectivity index (χ4n) is 2.44. The second-order valence-corrected chi connectivity index (χ2v) is 7.30. The lowest BCUT2D eigenvalue weighted by atomic mass is 10.1. The van der Waals surface area contributed by atoms with E-state index in [1.54, 1.807) is 30.5 Å². The number of rotatable bonds is 3. The van der Waals surface area contributed by atoms with E-state index in [1.165, 1.54) is 0 Å². The van der Waals surface area contributed by atoms with Gasteiger partial charge in [0.15, 0.2) is 0 Å². The molecule has 2 N–H and O–H groups in total. The highest BCUT2D eigenvalue weighted by Crippen LogP contribution is 2.47. The van der Waals surface area contributed by atoms with Crippen molar-refractivity contribution in [2.24, 2.45) is 0 Å². The van der Waals surface area contributed by atoms with Crippen molar-refractivity contribution in [1.29, 1.82) is 0 Å². The Morgan fingerprint density at radius 1 is 1.67 bits per heavy atom. The van der Waals surface area contributed by atoms with Crippen LogP contribution in [0.1, 0.15) is 33.6 Å². The number of nitrogens with zero attached hydrogens (tertiary/aromatic N) is 1. The number of hydrogen-bond acceptors (Lipinski definition) is 4. The lowest BCUT2D eigenvalue weighted by Gasteiger charge is -2.30. The van der Waals surface area contributed by atoms with E-state index in [0.29, 0.717) is 12.2 Å². The van der Waals surface area contributed by atoms with Gasteiger partial charge in [-0.3, -0.25) is 9.59 Å². The summed E-state index contributed by atoms with van der Waals surface area (Å²) in [6, 6.07) is -0.391. The van der Waals surface area contributed by atoms with Crippen molar-refractivity contribution in [1.82, 2.24) is 10.2 Å². The number of nitrogens with one attached hydrogen (secondary N) is 1. The lowest BCUT2D eigenvalue weighted by molar-refractivity contribution is -0.138. The Balaban J connectivity index is 2.02. The Labute approximate surface area is 111 Å². The molecule has 0 aromatic heterocycles. The molecule has 0 aromatic rings. The van der Waals surface area contributed by atoms with Crippen LogP contribution in [0.5, 0.6) is 0 Å². The van der Waals surface area contributed by atoms with Crippen molar-refractivity contribution in [2.45, 2.75) is 50.1 Å². The molecule has 6 heteroatoms. The van der Waals surface area contributed by atoms with Crippen molar-refractivity contribution in [2.75, 3.05) is 12.3 Å². The zero-order valence-electron chi connectivity index (χ0n) is 11.0. The van der Waals surface area contributed by atoms with Crippen LogP contribution < -0.4 is 5.32 Å². The highest BCUT2D eigenvalue weighted by Gasteiger charge is 2.52. The minimum atomic E-state index is -0.931. The van der Waals surface area contributed by atoms with Crippen LogP contribution >= 0.6 is 11.8 Å². The van der Waals surface area contributed by atoms with Gasteiger partial charge in [-0.2, -0.15) is 0 Å². The first kappa shape index (κ1) is 13.7. The molecule has 2 unspecified atom stereocenters. The first-order valence-corrected chi connectivity index (χ1v) is 7.18. The zero-order chi connectivity index (χ0) is 13.6. The molecule has 2 aliphatic heterocycles. The number of hydrogen-bond donors (Lipinski definition) is 2. The molecular weight excluding hydrogens is 252 g/mol. The van der Waals surface area contributed by atoms with Crippen molar-refractivity contribution in [3.05, 3.63) is 0 Å². The maximum Gasteiger partial charge on any atom is 0.243 e. The fourth-order valence-corrected chi connectivity index (χ4v) is 3.87. The summed E-state index contributed by atoms with van der Waals surface area (Å²) in [5.74, 6) is 0.537. The minimum Gasteiger partial charge on any atom is -0.389 e. The molecule has 2 aliphatic rings. The predicted molar refractivity (Wildman–Crippen MR) is 70.0 cm³/mol. The van der Waals surface area contributed by atoms with Gasteiger partial charge in [-0.15, -0.1) is 11.8 Å². The number of aliphatic hydroxyl groups is 1. The lowest BCUT2D eigenvalue weighted by Crippen LogP contribution is -2.52. The predicted octanol–water partition coefficient (Wildman–Crippen LogP) is 0.327. The Bertz CT molecular complexity index is 380. The summed E-state index contributed by atoms with van der Waals surface area (Å²) in [6.45, 7) is 5.50. The minimum absolute atomic E-state index is 0.0610. The van der Waals surface area contributed by atoms with Crippen LogP contribution in [0.3, 0.4) is 0 Å². The van der Waals surface area contributed by atoms with Gasteiger partial charge in [-0.1, -0.05) is 0 Å². The number of thioether (sulfide) groups is 1. The number of amides is 2. The van der Waals surface area contributed by atoms with Crippen LogP contribution in [0.25, 0.3) is 0 Å². The summed E-state index contributed by atoms with van der Waals surface area (Å²) >= 11 is 1.67. The molecule has 102 valence electrons. The van der Waals surface area contributed by atoms with Crippen LogP contribution in [0, 0.1) is 0 Å². The monoisotopic (exact) mass is 272 g/mol. The third-order valence-corrected chi connectivity index (χ3v) is 4.95. The Morgan fingerprint density at radius 3 is 2.94 bits per heavy atom. The molecule has 2 amide bonds. The SMILES string of the molecule is CC(C)(O)CNC(=O)C1CSC2(C)CCC(=O)N12. The van der Waals surface area contributed by atoms with E-state index in [0.717, 1.165) is 6.42 Å². The van der Waals surface area contributed by atoms with Crippen molar-refractivity contribution in [3.8, 4) is 0 Å². The molecule has 2 heterocycles. The van der Waals surface area contributed by atoms with E-state index in [2.05, 4.69) is 5.32 Å². The maximum atomic E-state index is 12.1. The zero-order valence-corrected chi connectivity index (χ0v) is 11.8. The molecule has 0 aliphatic carbocycles. The van der Waals surface area contributed by atoms with Gasteiger partial charge in [0.2, 0.25) is 11.8 Å². The van der Waals surface area contributed by atoms with E-state index in [1.807, 2.05) is 6.92 Å². The summed E-state index contributed by atoms with van der Waals surface area (Å²) in [7, 11) is 0. The van der Waals surface area contributed by atoms with E-state index in [4.69, 9.17) is 0 Å². The quantitative estimate of drug-likeness (QED) is 0.777. The van der Waals surface area contributed by atoms with Gasteiger partial charge in [0.05, 0.1) is 10.5 Å². The third-order valence-electron chi connectivity index (χ3n) is 3.44. The second-order valence-electron chi connectivity index (χ2n) is 5.80. The molecule has 18 heavy (non-hydrogen) atoms. The molecule has 2 saturated heterocycles. The van der Waals surface area contributed by atoms with Gasteiger partial charge >= 0.3 is 0 Å². The second kappa shape index (κ2) is 4.42. The van der Waals surface area contributed by atoms with Crippen LogP contribution in [-0.2, 0) is 9.59 Å². The summed E-state index contributed by atoms with van der Waals surface area (Å²) < 4.78 is 0. The van der Waals surface area contributed by atoms with E-state index in [-0.39, 0.29) is 23.2 Å². The van der Waals surface area contributed by atoms with Gasteiger partial charge < -0.3 is 15.3 Å². The molecule has 2 atom stereocenters. The van der Waals surface area contributed by atoms with Crippen molar-refractivity contribution < 1.29 is 14.7 Å². The number of carbonyl (C=O) groups is 2. The molecular formula is C12H20N2O3S. The highest BCUT2D eigenvalue weighted by molar-refractivity contribution is 8.01. The van der Waals surface area contributed by atoms with Crippen LogP contribution in [0.2, 0.25) is 0 Å². The summed E-state index contributed by atoms with van der Waals surface area (Å²) in [5, 5.41) is 12.3. The number of carbonyl (C=O) groups excluding carboxylic acids is 2. The van der Waals surface area contributed by atoms with Gasteiger partial charge in [0.25, 0.3) is 0 Å². The van der Waals surface area contributed by atoms with E-state index >= 15 is 0 Å². The summed E-state index contributed by atoms with van der Waals surface area (Å²) in [6.07, 6.45) is 1.34. The van der Waals surface area contributed by atoms with Crippen molar-refractivity contribution >= 4 is 23.6 Å². The molecule has 0 bridgehead atoms. The summed E-state index contributed by atoms with van der Waals surface area (Å²) in [4.78, 5) is 25.5. The molecule has 0 radical (unpaired) electrons. The molecule has 0 aromatic carbocycles. The topological polar surface area (TPSA) is 69.6 Å². The van der Waals surface area contributed by atoms with Gasteiger partial charge in [-0.05, 0) is 27.2 Å². The average molecular weight is 272 g/mol. The average Bonchev–Trinajstić information content (AvgIpc) is 2.73. The van der Waals surface area contributed by atoms with Gasteiger partial charge in [0, 0.05) is 18.7 Å². The standard InChI is InChI=1S/C12H20N2O3S/c1-11(2,17)7-13-10(16)8-6-18-12(3)5-4-9(15)14(8)12/h8,17H,4-7H2,1-3H3,(H,13,16). The largest absolute Gasteiger partial charge is 0.389 e. The van der Waals surface area contributed by atoms with Gasteiger partial charge in [-0.25, -0.2) is 0 Å². The van der Waals surface area contributed by atoms with Gasteiger partial charge in [0.1, 0.15) is 6.04 Å². The molecule has 5 nitrogen and oxygen atoms in total.